The van der Waals surface area contributed by atoms with Crippen LogP contribution in [-0.2, 0) is 6.54 Å². The Bertz CT molecular complexity index is 281. The molecule has 0 amide bonds. The van der Waals surface area contributed by atoms with E-state index < -0.39 is 0 Å². The lowest BCUT2D eigenvalue weighted by Crippen LogP contribution is -2.20. The molecule has 78 valence electrons. The van der Waals surface area contributed by atoms with Crippen LogP contribution in [0.5, 0.6) is 0 Å². The van der Waals surface area contributed by atoms with Crippen molar-refractivity contribution in [2.24, 2.45) is 5.92 Å². The fourth-order valence-corrected chi connectivity index (χ4v) is 1.91. The largest absolute Gasteiger partial charge is 0.448 e. The van der Waals surface area contributed by atoms with Crippen molar-refractivity contribution in [1.82, 2.24) is 5.32 Å². The van der Waals surface area contributed by atoms with Crippen molar-refractivity contribution < 1.29 is 4.42 Å². The molecule has 0 bridgehead atoms. The van der Waals surface area contributed by atoms with Crippen LogP contribution in [0.15, 0.2) is 16.5 Å². The molecule has 1 aromatic heterocycles. The molecular formula is C11H16ClNO. The zero-order valence-corrected chi connectivity index (χ0v) is 9.02. The summed E-state index contributed by atoms with van der Waals surface area (Å²) < 4.78 is 5.23. The maximum absolute atomic E-state index is 5.66. The number of furan rings is 1. The molecular weight excluding hydrogens is 198 g/mol. The van der Waals surface area contributed by atoms with E-state index in [0.717, 1.165) is 24.8 Å². The molecule has 2 rings (SSSR count). The van der Waals surface area contributed by atoms with Gasteiger partial charge in [-0.1, -0.05) is 19.3 Å². The summed E-state index contributed by atoms with van der Waals surface area (Å²) in [6, 6.07) is 3.70. The van der Waals surface area contributed by atoms with E-state index >= 15 is 0 Å². The van der Waals surface area contributed by atoms with Crippen molar-refractivity contribution >= 4 is 11.6 Å². The predicted octanol–water partition coefficient (Wildman–Crippen LogP) is 3.21. The van der Waals surface area contributed by atoms with Crippen molar-refractivity contribution in [1.29, 1.82) is 0 Å². The van der Waals surface area contributed by atoms with Gasteiger partial charge in [0, 0.05) is 0 Å². The van der Waals surface area contributed by atoms with Gasteiger partial charge in [-0.05, 0) is 42.6 Å². The second kappa shape index (κ2) is 4.85. The fourth-order valence-electron chi connectivity index (χ4n) is 1.75. The van der Waals surface area contributed by atoms with E-state index in [4.69, 9.17) is 16.0 Å². The Hall–Kier alpha value is -0.470. The molecule has 1 aliphatic rings. The van der Waals surface area contributed by atoms with Crippen LogP contribution in [0, 0.1) is 5.92 Å². The smallest absolute Gasteiger partial charge is 0.193 e. The van der Waals surface area contributed by atoms with E-state index in [1.165, 1.54) is 25.7 Å². The van der Waals surface area contributed by atoms with Crippen LogP contribution in [0.2, 0.25) is 5.22 Å². The van der Waals surface area contributed by atoms with Gasteiger partial charge in [-0.25, -0.2) is 0 Å². The van der Waals surface area contributed by atoms with Crippen LogP contribution in [0.25, 0.3) is 0 Å². The SMILES string of the molecule is Clc1ccc(CNCCC2CCC2)o1. The molecule has 1 aromatic rings. The molecule has 1 saturated carbocycles. The maximum Gasteiger partial charge on any atom is 0.193 e. The lowest BCUT2D eigenvalue weighted by molar-refractivity contribution is 0.290. The van der Waals surface area contributed by atoms with Crippen LogP contribution in [0.4, 0.5) is 0 Å². The summed E-state index contributed by atoms with van der Waals surface area (Å²) in [7, 11) is 0. The number of hydrogen-bond donors (Lipinski definition) is 1. The molecule has 2 nitrogen and oxygen atoms in total. The lowest BCUT2D eigenvalue weighted by Gasteiger charge is -2.25. The standard InChI is InChI=1S/C11H16ClNO/c12-11-5-4-10(14-11)8-13-7-6-9-2-1-3-9/h4-5,9,13H,1-3,6-8H2. The van der Waals surface area contributed by atoms with Crippen LogP contribution in [0.3, 0.4) is 0 Å². The van der Waals surface area contributed by atoms with Gasteiger partial charge in [-0.2, -0.15) is 0 Å². The molecule has 1 N–H and O–H groups in total. The second-order valence-electron chi connectivity index (χ2n) is 3.97. The highest BCUT2D eigenvalue weighted by Crippen LogP contribution is 2.28. The molecule has 0 unspecified atom stereocenters. The first kappa shape index (κ1) is 10.1. The van der Waals surface area contributed by atoms with Gasteiger partial charge in [0.1, 0.15) is 5.76 Å². The highest BCUT2D eigenvalue weighted by Gasteiger charge is 2.16. The molecule has 3 heteroatoms. The maximum atomic E-state index is 5.66. The first-order chi connectivity index (χ1) is 6.84. The van der Waals surface area contributed by atoms with Crippen LogP contribution in [0.1, 0.15) is 31.4 Å². The van der Waals surface area contributed by atoms with Crippen molar-refractivity contribution in [3.05, 3.63) is 23.1 Å². The Labute approximate surface area is 89.6 Å². The number of halogens is 1. The van der Waals surface area contributed by atoms with Gasteiger partial charge in [0.05, 0.1) is 6.54 Å². The highest BCUT2D eigenvalue weighted by atomic mass is 35.5. The number of hydrogen-bond acceptors (Lipinski definition) is 2. The second-order valence-corrected chi connectivity index (χ2v) is 4.34. The Balaban J connectivity index is 1.58. The Kier molecular flexibility index (Phi) is 3.49. The van der Waals surface area contributed by atoms with Crippen molar-refractivity contribution in [3.8, 4) is 0 Å². The van der Waals surface area contributed by atoms with Gasteiger partial charge in [0.2, 0.25) is 0 Å². The molecule has 0 radical (unpaired) electrons. The molecule has 1 fully saturated rings. The van der Waals surface area contributed by atoms with Gasteiger partial charge in [-0.15, -0.1) is 0 Å². The van der Waals surface area contributed by atoms with E-state index in [2.05, 4.69) is 5.32 Å². The quantitative estimate of drug-likeness (QED) is 0.760. The molecule has 14 heavy (non-hydrogen) atoms. The summed E-state index contributed by atoms with van der Waals surface area (Å²) in [4.78, 5) is 0. The first-order valence-electron chi connectivity index (χ1n) is 5.29. The van der Waals surface area contributed by atoms with E-state index in [1.807, 2.05) is 6.07 Å². The van der Waals surface area contributed by atoms with Crippen LogP contribution < -0.4 is 5.32 Å². The Morgan fingerprint density at radius 2 is 2.29 bits per heavy atom. The van der Waals surface area contributed by atoms with Gasteiger partial charge in [0.15, 0.2) is 5.22 Å². The third-order valence-corrected chi connectivity index (χ3v) is 3.09. The molecule has 1 aliphatic carbocycles. The molecule has 0 aromatic carbocycles. The van der Waals surface area contributed by atoms with E-state index in [1.54, 1.807) is 6.07 Å². The van der Waals surface area contributed by atoms with E-state index in [9.17, 15) is 0 Å². The van der Waals surface area contributed by atoms with E-state index in [-0.39, 0.29) is 0 Å². The van der Waals surface area contributed by atoms with Crippen LogP contribution >= 0.6 is 11.6 Å². The molecule has 0 atom stereocenters. The average Bonchev–Trinajstić information content (AvgIpc) is 2.48. The van der Waals surface area contributed by atoms with Gasteiger partial charge >= 0.3 is 0 Å². The van der Waals surface area contributed by atoms with Gasteiger partial charge in [-0.3, -0.25) is 0 Å². The van der Waals surface area contributed by atoms with E-state index in [0.29, 0.717) is 5.22 Å². The summed E-state index contributed by atoms with van der Waals surface area (Å²) in [5.41, 5.74) is 0. The third kappa shape index (κ3) is 2.76. The molecule has 0 aliphatic heterocycles. The Morgan fingerprint density at radius 1 is 1.43 bits per heavy atom. The minimum atomic E-state index is 0.473. The van der Waals surface area contributed by atoms with Gasteiger partial charge in [0.25, 0.3) is 0 Å². The molecule has 1 heterocycles. The molecule has 0 spiro atoms. The molecule has 0 saturated heterocycles. The number of nitrogens with one attached hydrogen (secondary N) is 1. The summed E-state index contributed by atoms with van der Waals surface area (Å²) in [5, 5.41) is 3.83. The fraction of sp³-hybridized carbons (Fsp3) is 0.636. The first-order valence-corrected chi connectivity index (χ1v) is 5.67. The highest BCUT2D eigenvalue weighted by molar-refractivity contribution is 6.28. The van der Waals surface area contributed by atoms with Crippen molar-refractivity contribution in [2.45, 2.75) is 32.2 Å². The number of rotatable bonds is 5. The normalized spacial score (nSPS) is 16.9. The van der Waals surface area contributed by atoms with Gasteiger partial charge < -0.3 is 9.73 Å². The summed E-state index contributed by atoms with van der Waals surface area (Å²) in [6.45, 7) is 1.88. The zero-order chi connectivity index (χ0) is 9.80. The topological polar surface area (TPSA) is 25.2 Å². The van der Waals surface area contributed by atoms with Crippen LogP contribution in [-0.4, -0.2) is 6.54 Å². The van der Waals surface area contributed by atoms with Crippen molar-refractivity contribution in [3.63, 3.8) is 0 Å². The minimum Gasteiger partial charge on any atom is -0.448 e. The Morgan fingerprint density at radius 3 is 2.86 bits per heavy atom. The average molecular weight is 214 g/mol. The lowest BCUT2D eigenvalue weighted by atomic mass is 9.83. The monoisotopic (exact) mass is 213 g/mol. The zero-order valence-electron chi connectivity index (χ0n) is 8.26. The minimum absolute atomic E-state index is 0.473. The third-order valence-electron chi connectivity index (χ3n) is 2.88. The summed E-state index contributed by atoms with van der Waals surface area (Å²) in [6.07, 6.45) is 5.58. The summed E-state index contributed by atoms with van der Waals surface area (Å²) >= 11 is 5.66. The van der Waals surface area contributed by atoms with Crippen molar-refractivity contribution in [2.75, 3.05) is 6.54 Å². The summed E-state index contributed by atoms with van der Waals surface area (Å²) in [5.74, 6) is 1.89. The predicted molar refractivity (Wildman–Crippen MR) is 57.4 cm³/mol.